The Balaban J connectivity index is 2.25. The molecular formula is C9H14N4O2S2. The molecule has 2 N–H and O–H groups in total. The highest BCUT2D eigenvalue weighted by molar-refractivity contribution is 8.02. The van der Waals surface area contributed by atoms with Gasteiger partial charge in [0, 0.05) is 20.0 Å². The van der Waals surface area contributed by atoms with Crippen molar-refractivity contribution in [1.82, 2.24) is 20.8 Å². The molecule has 0 aliphatic carbocycles. The first-order valence-electron chi connectivity index (χ1n) is 5.04. The average Bonchev–Trinajstić information content (AvgIpc) is 2.81. The van der Waals surface area contributed by atoms with Crippen molar-refractivity contribution < 1.29 is 9.59 Å². The van der Waals surface area contributed by atoms with E-state index in [0.717, 1.165) is 4.34 Å². The summed E-state index contributed by atoms with van der Waals surface area (Å²) in [5, 5.41) is 12.5. The van der Waals surface area contributed by atoms with Gasteiger partial charge in [-0.1, -0.05) is 23.1 Å². The Labute approximate surface area is 108 Å². The second-order valence-electron chi connectivity index (χ2n) is 3.18. The van der Waals surface area contributed by atoms with Crippen LogP contribution in [0.15, 0.2) is 9.85 Å². The summed E-state index contributed by atoms with van der Waals surface area (Å²) >= 11 is 2.75. The molecule has 0 radical (unpaired) electrons. The Kier molecular flexibility index (Phi) is 5.92. The molecule has 0 bridgehead atoms. The third-order valence-electron chi connectivity index (χ3n) is 1.92. The first kappa shape index (κ1) is 13.9. The number of thioether (sulfide) groups is 1. The summed E-state index contributed by atoms with van der Waals surface area (Å²) in [6.07, 6.45) is 0.290. The van der Waals surface area contributed by atoms with Gasteiger partial charge in [-0.05, 0) is 6.92 Å². The molecule has 6 nitrogen and oxygen atoms in total. The van der Waals surface area contributed by atoms with Crippen molar-refractivity contribution in [3.8, 4) is 0 Å². The van der Waals surface area contributed by atoms with Gasteiger partial charge in [0.1, 0.15) is 5.51 Å². The number of nitrogens with one attached hydrogen (secondary N) is 2. The van der Waals surface area contributed by atoms with Gasteiger partial charge in [-0.2, -0.15) is 0 Å². The minimum Gasteiger partial charge on any atom is -0.359 e. The fourth-order valence-corrected chi connectivity index (χ4v) is 2.64. The van der Waals surface area contributed by atoms with Crippen molar-refractivity contribution in [1.29, 1.82) is 0 Å². The van der Waals surface area contributed by atoms with Gasteiger partial charge in [-0.15, -0.1) is 10.2 Å². The van der Waals surface area contributed by atoms with E-state index in [-0.39, 0.29) is 17.1 Å². The van der Waals surface area contributed by atoms with Crippen molar-refractivity contribution >= 4 is 34.9 Å². The van der Waals surface area contributed by atoms with Crippen molar-refractivity contribution in [3.63, 3.8) is 0 Å². The molecule has 0 spiro atoms. The van der Waals surface area contributed by atoms with E-state index in [1.807, 2.05) is 0 Å². The number of carbonyl (C=O) groups excluding carboxylic acids is 2. The fourth-order valence-electron chi connectivity index (χ4n) is 0.987. The van der Waals surface area contributed by atoms with E-state index in [1.54, 1.807) is 19.5 Å². The molecule has 1 heterocycles. The highest BCUT2D eigenvalue weighted by Crippen LogP contribution is 2.23. The Morgan fingerprint density at radius 2 is 2.35 bits per heavy atom. The topological polar surface area (TPSA) is 84.0 Å². The first-order chi connectivity index (χ1) is 8.13. The molecule has 1 aromatic heterocycles. The number of hydrogen-bond acceptors (Lipinski definition) is 6. The minimum absolute atomic E-state index is 0.0882. The maximum atomic E-state index is 11.6. The SMILES string of the molecule is CNC(=O)CCNC(=O)[C@@H](C)Sc1nncs1. The monoisotopic (exact) mass is 274 g/mol. The van der Waals surface area contributed by atoms with Crippen LogP contribution < -0.4 is 10.6 Å². The van der Waals surface area contributed by atoms with Crippen molar-refractivity contribution in [2.24, 2.45) is 0 Å². The predicted octanol–water partition coefficient (Wildman–Crippen LogP) is 0.271. The van der Waals surface area contributed by atoms with Gasteiger partial charge in [0.15, 0.2) is 4.34 Å². The standard InChI is InChI=1S/C9H14N4O2S2/c1-6(17-9-13-12-5-16-9)8(15)11-4-3-7(14)10-2/h5-6H,3-4H2,1-2H3,(H,10,14)(H,11,15)/t6-/m1/s1. The van der Waals surface area contributed by atoms with E-state index >= 15 is 0 Å². The van der Waals surface area contributed by atoms with Crippen LogP contribution in [0.1, 0.15) is 13.3 Å². The van der Waals surface area contributed by atoms with E-state index in [1.165, 1.54) is 23.1 Å². The first-order valence-corrected chi connectivity index (χ1v) is 6.80. The molecule has 1 aromatic rings. The highest BCUT2D eigenvalue weighted by atomic mass is 32.2. The van der Waals surface area contributed by atoms with Gasteiger partial charge in [-0.3, -0.25) is 9.59 Å². The molecule has 0 aliphatic rings. The van der Waals surface area contributed by atoms with E-state index in [4.69, 9.17) is 0 Å². The molecule has 0 unspecified atom stereocenters. The second kappa shape index (κ2) is 7.23. The average molecular weight is 274 g/mol. The third-order valence-corrected chi connectivity index (χ3v) is 3.83. The van der Waals surface area contributed by atoms with Crippen LogP contribution in [0.5, 0.6) is 0 Å². The van der Waals surface area contributed by atoms with Crippen LogP contribution in [0.4, 0.5) is 0 Å². The van der Waals surface area contributed by atoms with Gasteiger partial charge in [0.05, 0.1) is 5.25 Å². The molecule has 0 aromatic carbocycles. The summed E-state index contributed by atoms with van der Waals surface area (Å²) in [7, 11) is 1.57. The summed E-state index contributed by atoms with van der Waals surface area (Å²) in [5.41, 5.74) is 1.62. The highest BCUT2D eigenvalue weighted by Gasteiger charge is 2.15. The molecule has 0 saturated carbocycles. The number of aromatic nitrogens is 2. The molecule has 0 aliphatic heterocycles. The number of amides is 2. The maximum absolute atomic E-state index is 11.6. The van der Waals surface area contributed by atoms with E-state index < -0.39 is 0 Å². The van der Waals surface area contributed by atoms with E-state index in [2.05, 4.69) is 20.8 Å². The zero-order valence-electron chi connectivity index (χ0n) is 9.60. The molecule has 0 saturated heterocycles. The number of hydrogen-bond donors (Lipinski definition) is 2. The Morgan fingerprint density at radius 3 is 2.94 bits per heavy atom. The predicted molar refractivity (Wildman–Crippen MR) is 66.9 cm³/mol. The van der Waals surface area contributed by atoms with Gasteiger partial charge in [0.25, 0.3) is 0 Å². The molecule has 1 rings (SSSR count). The Morgan fingerprint density at radius 1 is 1.59 bits per heavy atom. The van der Waals surface area contributed by atoms with Crippen molar-refractivity contribution in [2.75, 3.05) is 13.6 Å². The molecule has 17 heavy (non-hydrogen) atoms. The molecule has 8 heteroatoms. The molecule has 94 valence electrons. The second-order valence-corrected chi connectivity index (χ2v) is 5.60. The lowest BCUT2D eigenvalue weighted by atomic mass is 10.3. The van der Waals surface area contributed by atoms with Crippen LogP contribution in [0.2, 0.25) is 0 Å². The molecule has 2 amide bonds. The van der Waals surface area contributed by atoms with E-state index in [0.29, 0.717) is 13.0 Å². The van der Waals surface area contributed by atoms with Gasteiger partial charge in [0.2, 0.25) is 11.8 Å². The van der Waals surface area contributed by atoms with Crippen LogP contribution >= 0.6 is 23.1 Å². The van der Waals surface area contributed by atoms with Crippen LogP contribution in [0, 0.1) is 0 Å². The lowest BCUT2D eigenvalue weighted by Gasteiger charge is -2.09. The lowest BCUT2D eigenvalue weighted by Crippen LogP contribution is -2.34. The number of carbonyl (C=O) groups is 2. The van der Waals surface area contributed by atoms with Crippen LogP contribution in [0.3, 0.4) is 0 Å². The third kappa shape index (κ3) is 5.14. The fraction of sp³-hybridized carbons (Fsp3) is 0.556. The molecule has 0 fully saturated rings. The normalized spacial score (nSPS) is 11.9. The number of nitrogens with zero attached hydrogens (tertiary/aromatic N) is 2. The summed E-state index contributed by atoms with van der Waals surface area (Å²) in [4.78, 5) is 22.6. The van der Waals surface area contributed by atoms with Crippen molar-refractivity contribution in [2.45, 2.75) is 22.9 Å². The Bertz CT molecular complexity index is 369. The van der Waals surface area contributed by atoms with Crippen LogP contribution in [0.25, 0.3) is 0 Å². The zero-order valence-corrected chi connectivity index (χ0v) is 11.2. The lowest BCUT2D eigenvalue weighted by molar-refractivity contribution is -0.121. The minimum atomic E-state index is -0.243. The van der Waals surface area contributed by atoms with Crippen molar-refractivity contribution in [3.05, 3.63) is 5.51 Å². The molecular weight excluding hydrogens is 260 g/mol. The smallest absolute Gasteiger partial charge is 0.233 e. The summed E-state index contributed by atoms with van der Waals surface area (Å²) in [6.45, 7) is 2.14. The Hall–Kier alpha value is -1.15. The van der Waals surface area contributed by atoms with Crippen LogP contribution in [-0.2, 0) is 9.59 Å². The van der Waals surface area contributed by atoms with Crippen LogP contribution in [-0.4, -0.2) is 40.9 Å². The summed E-state index contributed by atoms with van der Waals surface area (Å²) < 4.78 is 0.763. The molecule has 1 atom stereocenters. The van der Waals surface area contributed by atoms with Gasteiger partial charge >= 0.3 is 0 Å². The van der Waals surface area contributed by atoms with Gasteiger partial charge in [-0.25, -0.2) is 0 Å². The van der Waals surface area contributed by atoms with Gasteiger partial charge < -0.3 is 10.6 Å². The maximum Gasteiger partial charge on any atom is 0.233 e. The summed E-state index contributed by atoms with van der Waals surface area (Å²) in [6, 6.07) is 0. The quantitative estimate of drug-likeness (QED) is 0.728. The van der Waals surface area contributed by atoms with E-state index in [9.17, 15) is 9.59 Å². The number of rotatable bonds is 6. The summed E-state index contributed by atoms with van der Waals surface area (Å²) in [5.74, 6) is -0.191. The zero-order chi connectivity index (χ0) is 12.7. The largest absolute Gasteiger partial charge is 0.359 e.